The molecule has 1 aromatic rings. The molecule has 0 aromatic heterocycles. The van der Waals surface area contributed by atoms with E-state index in [4.69, 9.17) is 9.47 Å². The van der Waals surface area contributed by atoms with Crippen molar-refractivity contribution in [1.29, 1.82) is 0 Å². The minimum absolute atomic E-state index is 0. The lowest BCUT2D eigenvalue weighted by molar-refractivity contribution is 0.353. The molecule has 0 saturated carbocycles. The summed E-state index contributed by atoms with van der Waals surface area (Å²) in [6.07, 6.45) is 3.25. The Morgan fingerprint density at radius 2 is 1.91 bits per heavy atom. The van der Waals surface area contributed by atoms with Gasteiger partial charge in [0.25, 0.3) is 0 Å². The lowest BCUT2D eigenvalue weighted by Crippen LogP contribution is -2.43. The van der Waals surface area contributed by atoms with Crippen LogP contribution >= 0.6 is 28.3 Å². The molecule has 1 aliphatic heterocycles. The normalized spacial score (nSPS) is 18.1. The van der Waals surface area contributed by atoms with Gasteiger partial charge in [-0.15, -0.1) is 12.4 Å². The minimum Gasteiger partial charge on any atom is -0.493 e. The van der Waals surface area contributed by atoms with Gasteiger partial charge in [-0.05, 0) is 41.4 Å². The van der Waals surface area contributed by atoms with Crippen LogP contribution in [0.4, 0.5) is 0 Å². The first-order valence-electron chi connectivity index (χ1n) is 7.12. The molecule has 1 fully saturated rings. The molecule has 1 unspecified atom stereocenters. The number of piperidine rings is 1. The monoisotopic (exact) mass is 428 g/mol. The topological polar surface area (TPSA) is 76.7 Å². The van der Waals surface area contributed by atoms with Gasteiger partial charge in [-0.3, -0.25) is 0 Å². The van der Waals surface area contributed by atoms with Crippen LogP contribution in [0.25, 0.3) is 0 Å². The second-order valence-corrected chi connectivity index (χ2v) is 7.73. The summed E-state index contributed by atoms with van der Waals surface area (Å²) >= 11 is 3.28. The number of sulfonamides is 1. The van der Waals surface area contributed by atoms with Crippen LogP contribution in [0.5, 0.6) is 11.5 Å². The highest BCUT2D eigenvalue weighted by Gasteiger charge is 2.23. The molecule has 23 heavy (non-hydrogen) atoms. The van der Waals surface area contributed by atoms with Gasteiger partial charge < -0.3 is 14.8 Å². The Balaban J connectivity index is 0.00000264. The first-order chi connectivity index (χ1) is 10.5. The highest BCUT2D eigenvalue weighted by Crippen LogP contribution is 2.35. The zero-order valence-electron chi connectivity index (χ0n) is 13.1. The second kappa shape index (κ2) is 9.08. The van der Waals surface area contributed by atoms with Crippen LogP contribution in [0.2, 0.25) is 0 Å². The Kier molecular flexibility index (Phi) is 8.09. The molecule has 0 bridgehead atoms. The van der Waals surface area contributed by atoms with Crippen LogP contribution < -0.4 is 19.5 Å². The van der Waals surface area contributed by atoms with Gasteiger partial charge in [-0.2, -0.15) is 0 Å². The number of benzene rings is 1. The van der Waals surface area contributed by atoms with E-state index in [1.54, 1.807) is 6.07 Å². The first kappa shape index (κ1) is 20.5. The van der Waals surface area contributed by atoms with Gasteiger partial charge in [0.2, 0.25) is 10.0 Å². The van der Waals surface area contributed by atoms with Gasteiger partial charge in [0.15, 0.2) is 11.5 Å². The number of nitrogens with one attached hydrogen (secondary N) is 2. The van der Waals surface area contributed by atoms with E-state index in [1.807, 2.05) is 0 Å². The quantitative estimate of drug-likeness (QED) is 0.726. The van der Waals surface area contributed by atoms with Gasteiger partial charge in [-0.1, -0.05) is 6.42 Å². The Labute approximate surface area is 151 Å². The molecule has 2 rings (SSSR count). The molecule has 1 aromatic carbocycles. The van der Waals surface area contributed by atoms with E-state index >= 15 is 0 Å². The summed E-state index contributed by atoms with van der Waals surface area (Å²) in [5.41, 5.74) is 0. The van der Waals surface area contributed by atoms with Crippen LogP contribution in [-0.2, 0) is 10.0 Å². The van der Waals surface area contributed by atoms with Gasteiger partial charge in [0, 0.05) is 23.1 Å². The molecule has 0 amide bonds. The molecule has 2 N–H and O–H groups in total. The molecule has 0 spiro atoms. The summed E-state index contributed by atoms with van der Waals surface area (Å²) in [5, 5.41) is 3.32. The fourth-order valence-electron chi connectivity index (χ4n) is 2.43. The smallest absolute Gasteiger partial charge is 0.241 e. The SMILES string of the molecule is COc1cc(Br)c(S(=O)(=O)NCC2CCCCN2)cc1OC.Cl. The predicted molar refractivity (Wildman–Crippen MR) is 95.3 cm³/mol. The number of hydrogen-bond acceptors (Lipinski definition) is 5. The Bertz CT molecular complexity index is 621. The van der Waals surface area contributed by atoms with Crippen molar-refractivity contribution in [3.05, 3.63) is 16.6 Å². The second-order valence-electron chi connectivity index (χ2n) is 5.14. The van der Waals surface area contributed by atoms with Crippen molar-refractivity contribution in [2.75, 3.05) is 27.3 Å². The number of hydrogen-bond donors (Lipinski definition) is 2. The molecule has 0 aliphatic carbocycles. The van der Waals surface area contributed by atoms with E-state index in [0.29, 0.717) is 22.5 Å². The maximum atomic E-state index is 12.5. The highest BCUT2D eigenvalue weighted by atomic mass is 79.9. The number of methoxy groups -OCH3 is 2. The van der Waals surface area contributed by atoms with E-state index < -0.39 is 10.0 Å². The fourth-order valence-corrected chi connectivity index (χ4v) is 4.54. The minimum atomic E-state index is -3.62. The number of halogens is 2. The van der Waals surface area contributed by atoms with Crippen LogP contribution in [0.15, 0.2) is 21.5 Å². The molecule has 1 saturated heterocycles. The zero-order valence-corrected chi connectivity index (χ0v) is 16.3. The molecule has 0 radical (unpaired) electrons. The van der Waals surface area contributed by atoms with Crippen LogP contribution in [0, 0.1) is 0 Å². The average molecular weight is 430 g/mol. The maximum absolute atomic E-state index is 12.5. The third-order valence-corrected chi connectivity index (χ3v) is 6.04. The predicted octanol–water partition coefficient (Wildman–Crippen LogP) is 2.31. The van der Waals surface area contributed by atoms with Crippen LogP contribution in [-0.4, -0.2) is 41.8 Å². The van der Waals surface area contributed by atoms with Gasteiger partial charge in [0.05, 0.1) is 14.2 Å². The van der Waals surface area contributed by atoms with Crippen LogP contribution in [0.1, 0.15) is 19.3 Å². The van der Waals surface area contributed by atoms with Crippen LogP contribution in [0.3, 0.4) is 0 Å². The molecular weight excluding hydrogens is 408 g/mol. The standard InChI is InChI=1S/C14H21BrN2O4S.ClH/c1-20-12-7-11(15)14(8-13(12)21-2)22(18,19)17-9-10-5-3-4-6-16-10;/h7-8,10,16-17H,3-6,9H2,1-2H3;1H. The van der Waals surface area contributed by atoms with Crippen molar-refractivity contribution in [2.45, 2.75) is 30.2 Å². The fraction of sp³-hybridized carbons (Fsp3) is 0.571. The van der Waals surface area contributed by atoms with E-state index in [-0.39, 0.29) is 23.3 Å². The van der Waals surface area contributed by atoms with E-state index in [0.717, 1.165) is 25.8 Å². The summed E-state index contributed by atoms with van der Waals surface area (Å²) in [7, 11) is -0.641. The van der Waals surface area contributed by atoms with Crippen molar-refractivity contribution < 1.29 is 17.9 Å². The largest absolute Gasteiger partial charge is 0.493 e. The Hall–Kier alpha value is -0.540. The summed E-state index contributed by atoms with van der Waals surface area (Å²) in [6.45, 7) is 1.32. The zero-order chi connectivity index (χ0) is 16.2. The van der Waals surface area contributed by atoms with E-state index in [2.05, 4.69) is 26.0 Å². The summed E-state index contributed by atoms with van der Waals surface area (Å²) in [5.74, 6) is 0.851. The van der Waals surface area contributed by atoms with Crippen molar-refractivity contribution in [2.24, 2.45) is 0 Å². The third-order valence-electron chi connectivity index (χ3n) is 3.66. The molecule has 6 nitrogen and oxygen atoms in total. The molecule has 9 heteroatoms. The van der Waals surface area contributed by atoms with Gasteiger partial charge in [0.1, 0.15) is 4.90 Å². The van der Waals surface area contributed by atoms with Gasteiger partial charge >= 0.3 is 0 Å². The van der Waals surface area contributed by atoms with Crippen molar-refractivity contribution in [1.82, 2.24) is 10.0 Å². The van der Waals surface area contributed by atoms with E-state index in [9.17, 15) is 8.42 Å². The summed E-state index contributed by atoms with van der Waals surface area (Å²) in [4.78, 5) is 0.140. The third kappa shape index (κ3) is 5.22. The number of rotatable bonds is 6. The molecule has 1 aliphatic rings. The van der Waals surface area contributed by atoms with Crippen molar-refractivity contribution >= 4 is 38.4 Å². The van der Waals surface area contributed by atoms with Crippen molar-refractivity contribution in [3.63, 3.8) is 0 Å². The Morgan fingerprint density at radius 1 is 1.26 bits per heavy atom. The summed E-state index contributed by atoms with van der Waals surface area (Å²) in [6, 6.07) is 3.23. The highest BCUT2D eigenvalue weighted by molar-refractivity contribution is 9.10. The number of ether oxygens (including phenoxy) is 2. The molecule has 132 valence electrons. The maximum Gasteiger partial charge on any atom is 0.241 e. The van der Waals surface area contributed by atoms with Crippen molar-refractivity contribution in [3.8, 4) is 11.5 Å². The van der Waals surface area contributed by atoms with E-state index in [1.165, 1.54) is 20.3 Å². The lowest BCUT2D eigenvalue weighted by Gasteiger charge is -2.23. The molecule has 1 heterocycles. The molecular formula is C14H22BrClN2O4S. The lowest BCUT2D eigenvalue weighted by atomic mass is 10.1. The average Bonchev–Trinajstić information content (AvgIpc) is 2.53. The van der Waals surface area contributed by atoms with Gasteiger partial charge in [-0.25, -0.2) is 13.1 Å². The Morgan fingerprint density at radius 3 is 2.48 bits per heavy atom. The first-order valence-corrected chi connectivity index (χ1v) is 9.40. The summed E-state index contributed by atoms with van der Waals surface area (Å²) < 4.78 is 38.4. The molecule has 1 atom stereocenters.